The molecule has 0 aliphatic heterocycles. The zero-order valence-corrected chi connectivity index (χ0v) is 11.9. The fourth-order valence-electron chi connectivity index (χ4n) is 1.21. The van der Waals surface area contributed by atoms with Crippen molar-refractivity contribution >= 4 is 27.4 Å². The first kappa shape index (κ1) is 15.0. The summed E-state index contributed by atoms with van der Waals surface area (Å²) in [6.07, 6.45) is 0. The maximum Gasteiger partial charge on any atom is 0.161 e. The number of halogens is 1. The highest BCUT2D eigenvalue weighted by molar-refractivity contribution is 9.10. The molecule has 0 saturated heterocycles. The number of benzene rings is 1. The van der Waals surface area contributed by atoms with Crippen molar-refractivity contribution in [1.82, 2.24) is 0 Å². The van der Waals surface area contributed by atoms with Crippen LogP contribution >= 0.6 is 15.9 Å². The van der Waals surface area contributed by atoms with Gasteiger partial charge in [0.1, 0.15) is 5.75 Å². The average molecular weight is 288 g/mol. The van der Waals surface area contributed by atoms with Crippen LogP contribution in [-0.2, 0) is 0 Å². The van der Waals surface area contributed by atoms with Gasteiger partial charge in [-0.15, -0.1) is 0 Å². The molecule has 3 nitrogen and oxygen atoms in total. The first-order chi connectivity index (χ1) is 7.60. The van der Waals surface area contributed by atoms with E-state index in [1.807, 2.05) is 13.8 Å². The van der Waals surface area contributed by atoms with Gasteiger partial charge in [0.2, 0.25) is 0 Å². The van der Waals surface area contributed by atoms with Crippen molar-refractivity contribution in [2.75, 3.05) is 19.5 Å². The van der Waals surface area contributed by atoms with Crippen molar-refractivity contribution in [2.45, 2.75) is 20.8 Å². The van der Waals surface area contributed by atoms with Gasteiger partial charge in [-0.2, -0.15) is 0 Å². The molecule has 1 aromatic rings. The van der Waals surface area contributed by atoms with Crippen LogP contribution < -0.4 is 10.1 Å². The molecule has 0 spiro atoms. The maximum atomic E-state index is 11.3. The van der Waals surface area contributed by atoms with E-state index in [2.05, 4.69) is 21.2 Å². The van der Waals surface area contributed by atoms with Crippen molar-refractivity contribution < 1.29 is 9.53 Å². The minimum absolute atomic E-state index is 0.0257. The number of hydrogen-bond acceptors (Lipinski definition) is 3. The van der Waals surface area contributed by atoms with Gasteiger partial charge in [0.05, 0.1) is 11.6 Å². The Balaban J connectivity index is 0.00000106. The third-order valence-electron chi connectivity index (χ3n) is 1.94. The van der Waals surface area contributed by atoms with E-state index in [9.17, 15) is 4.79 Å². The van der Waals surface area contributed by atoms with Crippen LogP contribution in [0.3, 0.4) is 0 Å². The molecule has 0 aliphatic rings. The Hall–Kier alpha value is -1.03. The fraction of sp³-hybridized carbons (Fsp3) is 0.417. The Bertz CT molecular complexity index is 364. The Morgan fingerprint density at radius 2 is 1.94 bits per heavy atom. The molecule has 4 heteroatoms. The highest BCUT2D eigenvalue weighted by Crippen LogP contribution is 2.31. The number of carbonyl (C=O) groups excluding carboxylic acids is 1. The lowest BCUT2D eigenvalue weighted by atomic mass is 10.1. The van der Waals surface area contributed by atoms with Gasteiger partial charge in [-0.1, -0.05) is 13.8 Å². The zero-order chi connectivity index (χ0) is 12.7. The molecule has 1 N–H and O–H groups in total. The lowest BCUT2D eigenvalue weighted by molar-refractivity contribution is 0.101. The highest BCUT2D eigenvalue weighted by atomic mass is 79.9. The molecule has 0 aliphatic carbocycles. The number of rotatable bonds is 3. The summed E-state index contributed by atoms with van der Waals surface area (Å²) in [5.41, 5.74) is 1.43. The minimum atomic E-state index is 0.0257. The van der Waals surface area contributed by atoms with E-state index >= 15 is 0 Å². The van der Waals surface area contributed by atoms with Crippen LogP contribution in [0.15, 0.2) is 16.6 Å². The van der Waals surface area contributed by atoms with Gasteiger partial charge < -0.3 is 10.1 Å². The summed E-state index contributed by atoms with van der Waals surface area (Å²) in [6, 6.07) is 3.55. The first-order valence-electron chi connectivity index (χ1n) is 5.16. The molecular formula is C12H18BrNO2. The number of anilines is 1. The van der Waals surface area contributed by atoms with Crippen LogP contribution in [0.4, 0.5) is 5.69 Å². The summed E-state index contributed by atoms with van der Waals surface area (Å²) in [6.45, 7) is 5.54. The molecular weight excluding hydrogens is 270 g/mol. The van der Waals surface area contributed by atoms with Crippen LogP contribution in [0.5, 0.6) is 5.75 Å². The Labute approximate surface area is 105 Å². The van der Waals surface area contributed by atoms with Crippen molar-refractivity contribution in [3.63, 3.8) is 0 Å². The molecule has 0 unspecified atom stereocenters. The van der Waals surface area contributed by atoms with E-state index in [0.717, 1.165) is 10.2 Å². The smallest absolute Gasteiger partial charge is 0.161 e. The van der Waals surface area contributed by atoms with E-state index in [4.69, 9.17) is 4.74 Å². The SMILES string of the molecule is CC.CNc1cc(OC)c(Br)cc1C(C)=O. The molecule has 90 valence electrons. The fourth-order valence-corrected chi connectivity index (χ4v) is 1.71. The number of ether oxygens (including phenoxy) is 1. The van der Waals surface area contributed by atoms with Gasteiger partial charge in [0.15, 0.2) is 5.78 Å². The predicted octanol–water partition coefficient (Wildman–Crippen LogP) is 3.73. The highest BCUT2D eigenvalue weighted by Gasteiger charge is 2.10. The second-order valence-corrected chi connectivity index (χ2v) is 3.69. The molecule has 0 radical (unpaired) electrons. The van der Waals surface area contributed by atoms with Crippen LogP contribution in [-0.4, -0.2) is 19.9 Å². The average Bonchev–Trinajstić information content (AvgIpc) is 2.31. The number of hydrogen-bond donors (Lipinski definition) is 1. The van der Waals surface area contributed by atoms with Crippen LogP contribution in [0, 0.1) is 0 Å². The summed E-state index contributed by atoms with van der Waals surface area (Å²) in [5, 5.41) is 2.96. The van der Waals surface area contributed by atoms with Crippen LogP contribution in [0.25, 0.3) is 0 Å². The summed E-state index contributed by atoms with van der Waals surface area (Å²) < 4.78 is 5.91. The Kier molecular flexibility index (Phi) is 6.81. The normalized spacial score (nSPS) is 8.88. The molecule has 16 heavy (non-hydrogen) atoms. The second kappa shape index (κ2) is 7.28. The summed E-state index contributed by atoms with van der Waals surface area (Å²) >= 11 is 3.33. The van der Waals surface area contributed by atoms with Gasteiger partial charge in [0.25, 0.3) is 0 Å². The minimum Gasteiger partial charge on any atom is -0.495 e. The molecule has 0 fully saturated rings. The number of carbonyl (C=O) groups is 1. The largest absolute Gasteiger partial charge is 0.495 e. The predicted molar refractivity (Wildman–Crippen MR) is 71.6 cm³/mol. The van der Waals surface area contributed by atoms with Gasteiger partial charge in [-0.25, -0.2) is 0 Å². The van der Waals surface area contributed by atoms with Crippen molar-refractivity contribution in [3.8, 4) is 5.75 Å². The van der Waals surface area contributed by atoms with Crippen molar-refractivity contribution in [3.05, 3.63) is 22.2 Å². The van der Waals surface area contributed by atoms with Gasteiger partial charge in [-0.05, 0) is 28.9 Å². The Morgan fingerprint density at radius 1 is 1.38 bits per heavy atom. The quantitative estimate of drug-likeness (QED) is 0.861. The summed E-state index contributed by atoms with van der Waals surface area (Å²) in [5.74, 6) is 0.733. The topological polar surface area (TPSA) is 38.3 Å². The third kappa shape index (κ3) is 3.52. The molecule has 0 aromatic heterocycles. The zero-order valence-electron chi connectivity index (χ0n) is 10.3. The second-order valence-electron chi connectivity index (χ2n) is 2.84. The molecule has 0 heterocycles. The van der Waals surface area contributed by atoms with Gasteiger partial charge in [-0.3, -0.25) is 4.79 Å². The Morgan fingerprint density at radius 3 is 2.31 bits per heavy atom. The van der Waals surface area contributed by atoms with E-state index < -0.39 is 0 Å². The third-order valence-corrected chi connectivity index (χ3v) is 2.56. The molecule has 0 amide bonds. The van der Waals surface area contributed by atoms with E-state index in [0.29, 0.717) is 11.3 Å². The van der Waals surface area contributed by atoms with E-state index in [1.165, 1.54) is 6.92 Å². The number of methoxy groups -OCH3 is 1. The number of nitrogens with one attached hydrogen (secondary N) is 1. The molecule has 1 aromatic carbocycles. The van der Waals surface area contributed by atoms with Gasteiger partial charge in [0, 0.05) is 24.4 Å². The lowest BCUT2D eigenvalue weighted by Gasteiger charge is -2.10. The van der Waals surface area contributed by atoms with Gasteiger partial charge >= 0.3 is 0 Å². The standard InChI is InChI=1S/C10H12BrNO2.C2H6/c1-6(13)7-4-8(11)10(14-3)5-9(7)12-2;1-2/h4-5,12H,1-3H3;1-2H3. The first-order valence-corrected chi connectivity index (χ1v) is 5.95. The number of Topliss-reactive ketones (excluding diaryl/α,β-unsaturated/α-hetero) is 1. The molecule has 1 rings (SSSR count). The van der Waals surface area contributed by atoms with Crippen LogP contribution in [0.1, 0.15) is 31.1 Å². The van der Waals surface area contributed by atoms with E-state index in [1.54, 1.807) is 26.3 Å². The monoisotopic (exact) mass is 287 g/mol. The number of ketones is 1. The lowest BCUT2D eigenvalue weighted by Crippen LogP contribution is -2.01. The van der Waals surface area contributed by atoms with E-state index in [-0.39, 0.29) is 5.78 Å². The maximum absolute atomic E-state index is 11.3. The molecule has 0 saturated carbocycles. The molecule has 0 bridgehead atoms. The summed E-state index contributed by atoms with van der Waals surface area (Å²) in [4.78, 5) is 11.3. The summed E-state index contributed by atoms with van der Waals surface area (Å²) in [7, 11) is 3.36. The van der Waals surface area contributed by atoms with Crippen molar-refractivity contribution in [2.24, 2.45) is 0 Å². The van der Waals surface area contributed by atoms with Crippen molar-refractivity contribution in [1.29, 1.82) is 0 Å². The molecule has 0 atom stereocenters. The van der Waals surface area contributed by atoms with Crippen LogP contribution in [0.2, 0.25) is 0 Å².